The predicted octanol–water partition coefficient (Wildman–Crippen LogP) is 1.33. The Morgan fingerprint density at radius 1 is 1.23 bits per heavy atom. The van der Waals surface area contributed by atoms with Crippen molar-refractivity contribution in [2.45, 2.75) is 19.3 Å². The molecule has 1 aliphatic heterocycles. The van der Waals surface area contributed by atoms with Crippen LogP contribution in [-0.4, -0.2) is 48.2 Å². The van der Waals surface area contributed by atoms with Crippen molar-refractivity contribution in [3.05, 3.63) is 30.3 Å². The van der Waals surface area contributed by atoms with Gasteiger partial charge in [-0.3, -0.25) is 14.5 Å². The van der Waals surface area contributed by atoms with Gasteiger partial charge in [-0.1, -0.05) is 18.2 Å². The van der Waals surface area contributed by atoms with Crippen molar-refractivity contribution in [3.8, 4) is 5.75 Å². The van der Waals surface area contributed by atoms with Crippen molar-refractivity contribution >= 4 is 11.9 Å². The number of para-hydroxylation sites is 1. The van der Waals surface area contributed by atoms with Crippen LogP contribution in [0.4, 0.5) is 0 Å². The SMILES string of the molecule is O=C(CCOc1ccccc1)NCN1CCC(C(=O)O)CC1. The topological polar surface area (TPSA) is 78.9 Å². The third-order valence-electron chi connectivity index (χ3n) is 3.78. The minimum absolute atomic E-state index is 0.0590. The molecule has 0 radical (unpaired) electrons. The Hall–Kier alpha value is -2.08. The largest absolute Gasteiger partial charge is 0.493 e. The Morgan fingerprint density at radius 2 is 1.91 bits per heavy atom. The Morgan fingerprint density at radius 3 is 2.55 bits per heavy atom. The molecule has 1 aliphatic rings. The van der Waals surface area contributed by atoms with Crippen LogP contribution < -0.4 is 10.1 Å². The highest BCUT2D eigenvalue weighted by atomic mass is 16.5. The summed E-state index contributed by atoms with van der Waals surface area (Å²) in [6, 6.07) is 9.38. The highest BCUT2D eigenvalue weighted by molar-refractivity contribution is 5.75. The molecule has 6 heteroatoms. The van der Waals surface area contributed by atoms with Gasteiger partial charge in [0.25, 0.3) is 0 Å². The second-order valence-corrected chi connectivity index (χ2v) is 5.40. The number of hydrogen-bond donors (Lipinski definition) is 2. The first kappa shape index (κ1) is 16.3. The number of aliphatic carboxylic acids is 1. The molecule has 2 N–H and O–H groups in total. The van der Waals surface area contributed by atoms with E-state index in [-0.39, 0.29) is 11.8 Å². The quantitative estimate of drug-likeness (QED) is 0.794. The van der Waals surface area contributed by atoms with Crippen molar-refractivity contribution in [3.63, 3.8) is 0 Å². The molecule has 120 valence electrons. The van der Waals surface area contributed by atoms with E-state index in [2.05, 4.69) is 10.2 Å². The van der Waals surface area contributed by atoms with Crippen molar-refractivity contribution in [2.24, 2.45) is 5.92 Å². The zero-order valence-electron chi connectivity index (χ0n) is 12.5. The van der Waals surface area contributed by atoms with Gasteiger partial charge in [-0.2, -0.15) is 0 Å². The smallest absolute Gasteiger partial charge is 0.306 e. The van der Waals surface area contributed by atoms with E-state index in [1.165, 1.54) is 0 Å². The molecule has 0 aliphatic carbocycles. The second kappa shape index (κ2) is 8.38. The van der Waals surface area contributed by atoms with Crippen LogP contribution in [0.25, 0.3) is 0 Å². The minimum Gasteiger partial charge on any atom is -0.493 e. The maximum atomic E-state index is 11.7. The third kappa shape index (κ3) is 5.37. The maximum Gasteiger partial charge on any atom is 0.306 e. The van der Waals surface area contributed by atoms with Gasteiger partial charge in [-0.05, 0) is 25.0 Å². The third-order valence-corrected chi connectivity index (χ3v) is 3.78. The summed E-state index contributed by atoms with van der Waals surface area (Å²) in [4.78, 5) is 24.7. The molecule has 6 nitrogen and oxygen atoms in total. The number of rotatable bonds is 7. The molecular formula is C16H22N2O4. The van der Waals surface area contributed by atoms with E-state index in [4.69, 9.17) is 9.84 Å². The summed E-state index contributed by atoms with van der Waals surface area (Å²) in [6.45, 7) is 2.23. The fraction of sp³-hybridized carbons (Fsp3) is 0.500. The lowest BCUT2D eigenvalue weighted by atomic mass is 9.97. The van der Waals surface area contributed by atoms with Gasteiger partial charge in [0, 0.05) is 13.1 Å². The molecule has 0 aromatic heterocycles. The van der Waals surface area contributed by atoms with E-state index in [9.17, 15) is 9.59 Å². The standard InChI is InChI=1S/C16H22N2O4/c19-15(8-11-22-14-4-2-1-3-5-14)17-12-18-9-6-13(7-10-18)16(20)21/h1-5,13H,6-12H2,(H,17,19)(H,20,21). The molecule has 1 amide bonds. The van der Waals surface area contributed by atoms with Gasteiger partial charge >= 0.3 is 5.97 Å². The van der Waals surface area contributed by atoms with Crippen LogP contribution in [0.2, 0.25) is 0 Å². The summed E-state index contributed by atoms with van der Waals surface area (Å²) in [6.07, 6.45) is 1.59. The van der Waals surface area contributed by atoms with Crippen molar-refractivity contribution in [1.29, 1.82) is 0 Å². The van der Waals surface area contributed by atoms with Crippen LogP contribution >= 0.6 is 0 Å². The van der Waals surface area contributed by atoms with Crippen LogP contribution in [0.3, 0.4) is 0 Å². The lowest BCUT2D eigenvalue weighted by molar-refractivity contribution is -0.143. The Bertz CT molecular complexity index is 484. The minimum atomic E-state index is -0.721. The van der Waals surface area contributed by atoms with Crippen LogP contribution in [0, 0.1) is 5.92 Å². The summed E-state index contributed by atoms with van der Waals surface area (Å²) < 4.78 is 5.47. The molecule has 1 fully saturated rings. The summed E-state index contributed by atoms with van der Waals surface area (Å²) in [7, 11) is 0. The monoisotopic (exact) mass is 306 g/mol. The number of carboxylic acid groups (broad SMARTS) is 1. The molecule has 0 atom stereocenters. The Kier molecular flexibility index (Phi) is 6.21. The van der Waals surface area contributed by atoms with Gasteiger partial charge in [0.2, 0.25) is 5.91 Å². The first-order chi connectivity index (χ1) is 10.6. The number of carbonyl (C=O) groups excluding carboxylic acids is 1. The number of benzene rings is 1. The molecule has 0 unspecified atom stereocenters. The fourth-order valence-corrected chi connectivity index (χ4v) is 2.40. The summed E-state index contributed by atoms with van der Waals surface area (Å²) in [5.41, 5.74) is 0. The highest BCUT2D eigenvalue weighted by Gasteiger charge is 2.24. The zero-order valence-corrected chi connectivity index (χ0v) is 12.5. The van der Waals surface area contributed by atoms with E-state index < -0.39 is 5.97 Å². The van der Waals surface area contributed by atoms with Gasteiger partial charge in [-0.25, -0.2) is 0 Å². The van der Waals surface area contributed by atoms with Gasteiger partial charge in [0.05, 0.1) is 25.6 Å². The maximum absolute atomic E-state index is 11.7. The van der Waals surface area contributed by atoms with Crippen LogP contribution in [-0.2, 0) is 9.59 Å². The number of nitrogens with one attached hydrogen (secondary N) is 1. The number of carboxylic acids is 1. The Balaban J connectivity index is 1.57. The van der Waals surface area contributed by atoms with E-state index in [1.807, 2.05) is 30.3 Å². The lowest BCUT2D eigenvalue weighted by Gasteiger charge is -2.29. The zero-order chi connectivity index (χ0) is 15.8. The van der Waals surface area contributed by atoms with Crippen LogP contribution in [0.5, 0.6) is 5.75 Å². The number of ether oxygens (including phenoxy) is 1. The fourth-order valence-electron chi connectivity index (χ4n) is 2.40. The number of hydrogen-bond acceptors (Lipinski definition) is 4. The number of likely N-dealkylation sites (tertiary alicyclic amines) is 1. The predicted molar refractivity (Wildman–Crippen MR) is 81.5 cm³/mol. The van der Waals surface area contributed by atoms with Crippen molar-refractivity contribution < 1.29 is 19.4 Å². The summed E-state index contributed by atoms with van der Waals surface area (Å²) in [5.74, 6) is -0.268. The van der Waals surface area contributed by atoms with E-state index >= 15 is 0 Å². The Labute approximate surface area is 130 Å². The molecule has 1 heterocycles. The first-order valence-corrected chi connectivity index (χ1v) is 7.55. The summed E-state index contributed by atoms with van der Waals surface area (Å²) in [5, 5.41) is 11.8. The molecule has 1 aromatic carbocycles. The molecular weight excluding hydrogens is 284 g/mol. The average molecular weight is 306 g/mol. The molecule has 0 saturated carbocycles. The number of amides is 1. The number of piperidine rings is 1. The summed E-state index contributed by atoms with van der Waals surface area (Å²) >= 11 is 0. The molecule has 2 rings (SSSR count). The molecule has 1 saturated heterocycles. The van der Waals surface area contributed by atoms with Gasteiger partial charge in [-0.15, -0.1) is 0 Å². The van der Waals surface area contributed by atoms with E-state index in [1.54, 1.807) is 0 Å². The van der Waals surface area contributed by atoms with Crippen molar-refractivity contribution in [2.75, 3.05) is 26.4 Å². The molecule has 0 spiro atoms. The number of nitrogens with zero attached hydrogens (tertiary/aromatic N) is 1. The van der Waals surface area contributed by atoms with Gasteiger partial charge < -0.3 is 15.2 Å². The molecule has 22 heavy (non-hydrogen) atoms. The van der Waals surface area contributed by atoms with Gasteiger partial charge in [0.1, 0.15) is 5.75 Å². The van der Waals surface area contributed by atoms with E-state index in [0.29, 0.717) is 45.6 Å². The second-order valence-electron chi connectivity index (χ2n) is 5.40. The van der Waals surface area contributed by atoms with Crippen LogP contribution in [0.15, 0.2) is 30.3 Å². The van der Waals surface area contributed by atoms with Gasteiger partial charge in [0.15, 0.2) is 0 Å². The highest BCUT2D eigenvalue weighted by Crippen LogP contribution is 2.16. The molecule has 1 aromatic rings. The molecule has 0 bridgehead atoms. The van der Waals surface area contributed by atoms with Crippen LogP contribution in [0.1, 0.15) is 19.3 Å². The lowest BCUT2D eigenvalue weighted by Crippen LogP contribution is -2.43. The average Bonchev–Trinajstić information content (AvgIpc) is 2.54. The van der Waals surface area contributed by atoms with Crippen molar-refractivity contribution in [1.82, 2.24) is 10.2 Å². The van der Waals surface area contributed by atoms with E-state index in [0.717, 1.165) is 5.75 Å². The normalized spacial score (nSPS) is 16.2. The number of carbonyl (C=O) groups is 2. The first-order valence-electron chi connectivity index (χ1n) is 7.55.